The fourth-order valence-corrected chi connectivity index (χ4v) is 4.10. The summed E-state index contributed by atoms with van der Waals surface area (Å²) in [5.41, 5.74) is 1.53. The zero-order valence-electron chi connectivity index (χ0n) is 10.7. The molecule has 1 unspecified atom stereocenters. The van der Waals surface area contributed by atoms with Gasteiger partial charge in [-0.15, -0.1) is 11.3 Å². The van der Waals surface area contributed by atoms with Crippen LogP contribution in [0.25, 0.3) is 0 Å². The zero-order chi connectivity index (χ0) is 13.3. The molecule has 2 amide bonds. The normalized spacial score (nSPS) is 24.2. The van der Waals surface area contributed by atoms with Gasteiger partial charge in [0.2, 0.25) is 0 Å². The van der Waals surface area contributed by atoms with Gasteiger partial charge in [0.25, 0.3) is 0 Å². The number of halogens is 1. The molecule has 4 nitrogen and oxygen atoms in total. The van der Waals surface area contributed by atoms with Crippen LogP contribution in [0.15, 0.2) is 15.2 Å². The average Bonchev–Trinajstić information content (AvgIpc) is 2.86. The summed E-state index contributed by atoms with van der Waals surface area (Å²) in [5, 5.41) is 11.4. The van der Waals surface area contributed by atoms with Crippen molar-refractivity contribution in [3.8, 4) is 0 Å². The second-order valence-corrected chi connectivity index (χ2v) is 7.65. The molecule has 1 aliphatic carbocycles. The highest BCUT2D eigenvalue weighted by molar-refractivity contribution is 9.11. The summed E-state index contributed by atoms with van der Waals surface area (Å²) in [6.45, 7) is 2.75. The summed E-state index contributed by atoms with van der Waals surface area (Å²) < 4.78 is 1.09. The first-order chi connectivity index (χ1) is 9.20. The molecule has 104 valence electrons. The number of carbonyl (C=O) groups is 1. The molecule has 0 aromatic carbocycles. The Balaban J connectivity index is 1.44. The van der Waals surface area contributed by atoms with Crippen molar-refractivity contribution in [2.24, 2.45) is 5.41 Å². The molecular weight excluding hydrogens is 326 g/mol. The summed E-state index contributed by atoms with van der Waals surface area (Å²) >= 11 is 5.11. The van der Waals surface area contributed by atoms with E-state index in [-0.39, 0.29) is 6.03 Å². The van der Waals surface area contributed by atoms with Crippen LogP contribution in [0.3, 0.4) is 0 Å². The van der Waals surface area contributed by atoms with Crippen LogP contribution in [-0.2, 0) is 6.54 Å². The van der Waals surface area contributed by atoms with Crippen LogP contribution >= 0.6 is 27.3 Å². The predicted molar refractivity (Wildman–Crippen MR) is 80.3 cm³/mol. The Kier molecular flexibility index (Phi) is 3.82. The van der Waals surface area contributed by atoms with Crippen molar-refractivity contribution < 1.29 is 4.79 Å². The van der Waals surface area contributed by atoms with E-state index in [4.69, 9.17) is 0 Å². The molecule has 1 saturated carbocycles. The minimum absolute atomic E-state index is 0.0430. The Morgan fingerprint density at radius 1 is 1.53 bits per heavy atom. The van der Waals surface area contributed by atoms with Crippen LogP contribution in [0.5, 0.6) is 0 Å². The molecule has 6 heteroatoms. The Bertz CT molecular complexity index is 470. The number of piperidine rings is 1. The monoisotopic (exact) mass is 343 g/mol. The van der Waals surface area contributed by atoms with E-state index in [1.165, 1.54) is 12.8 Å². The molecule has 0 radical (unpaired) electrons. The molecule has 2 fully saturated rings. The standard InChI is InChI=1S/C13H18BrN3OS/c14-11-9(1-6-19-11)8-16-12(18)17-10-7-13(10)2-4-15-5-3-13/h1,6,10,15H,2-5,7-8H2,(H2,16,17,18). The molecular formula is C13H18BrN3OS. The summed E-state index contributed by atoms with van der Waals surface area (Å²) in [4.78, 5) is 11.9. The van der Waals surface area contributed by atoms with Crippen LogP contribution in [0.1, 0.15) is 24.8 Å². The molecule has 1 spiro atoms. The molecule has 1 aliphatic heterocycles. The molecule has 0 bridgehead atoms. The Morgan fingerprint density at radius 2 is 2.32 bits per heavy atom. The van der Waals surface area contributed by atoms with E-state index in [1.54, 1.807) is 11.3 Å². The summed E-state index contributed by atoms with van der Waals surface area (Å²) in [7, 11) is 0. The first kappa shape index (κ1) is 13.4. The first-order valence-electron chi connectivity index (χ1n) is 6.67. The van der Waals surface area contributed by atoms with Crippen LogP contribution in [0.2, 0.25) is 0 Å². The van der Waals surface area contributed by atoms with E-state index in [0.29, 0.717) is 18.0 Å². The lowest BCUT2D eigenvalue weighted by atomic mass is 9.94. The van der Waals surface area contributed by atoms with Crippen molar-refractivity contribution in [2.45, 2.75) is 31.8 Å². The predicted octanol–water partition coefficient (Wildman–Crippen LogP) is 2.45. The zero-order valence-corrected chi connectivity index (χ0v) is 13.1. The van der Waals surface area contributed by atoms with Crippen molar-refractivity contribution in [3.05, 3.63) is 20.8 Å². The number of hydrogen-bond acceptors (Lipinski definition) is 3. The maximum atomic E-state index is 11.9. The lowest BCUT2D eigenvalue weighted by molar-refractivity contribution is 0.236. The molecule has 2 heterocycles. The number of thiophene rings is 1. The third kappa shape index (κ3) is 2.95. The smallest absolute Gasteiger partial charge is 0.315 e. The molecule has 3 N–H and O–H groups in total. The van der Waals surface area contributed by atoms with Gasteiger partial charge in [-0.25, -0.2) is 4.79 Å². The van der Waals surface area contributed by atoms with Gasteiger partial charge in [0, 0.05) is 12.6 Å². The van der Waals surface area contributed by atoms with Gasteiger partial charge in [-0.05, 0) is 70.7 Å². The van der Waals surface area contributed by atoms with Crippen molar-refractivity contribution in [3.63, 3.8) is 0 Å². The molecule has 1 atom stereocenters. The summed E-state index contributed by atoms with van der Waals surface area (Å²) in [6.07, 6.45) is 3.52. The number of amides is 2. The highest BCUT2D eigenvalue weighted by Crippen LogP contribution is 2.52. The van der Waals surface area contributed by atoms with Crippen molar-refractivity contribution in [2.75, 3.05) is 13.1 Å². The number of hydrogen-bond donors (Lipinski definition) is 3. The molecule has 1 aromatic rings. The minimum atomic E-state index is -0.0430. The van der Waals surface area contributed by atoms with Crippen LogP contribution in [0, 0.1) is 5.41 Å². The van der Waals surface area contributed by atoms with Gasteiger partial charge in [0.1, 0.15) is 0 Å². The van der Waals surface area contributed by atoms with Crippen molar-refractivity contribution in [1.82, 2.24) is 16.0 Å². The third-order valence-electron chi connectivity index (χ3n) is 4.23. The van der Waals surface area contributed by atoms with Crippen LogP contribution < -0.4 is 16.0 Å². The van der Waals surface area contributed by atoms with Crippen molar-refractivity contribution >= 4 is 33.3 Å². The molecule has 19 heavy (non-hydrogen) atoms. The number of rotatable bonds is 3. The van der Waals surface area contributed by atoms with Crippen LogP contribution in [0.4, 0.5) is 4.79 Å². The average molecular weight is 344 g/mol. The van der Waals surface area contributed by atoms with Gasteiger partial charge < -0.3 is 16.0 Å². The third-order valence-corrected chi connectivity index (χ3v) is 6.04. The number of carbonyl (C=O) groups excluding carboxylic acids is 1. The lowest BCUT2D eigenvalue weighted by Gasteiger charge is -2.23. The maximum Gasteiger partial charge on any atom is 0.315 e. The minimum Gasteiger partial charge on any atom is -0.335 e. The van der Waals surface area contributed by atoms with Gasteiger partial charge in [-0.1, -0.05) is 0 Å². The number of urea groups is 1. The molecule has 1 saturated heterocycles. The van der Waals surface area contributed by atoms with Gasteiger partial charge in [0.05, 0.1) is 3.79 Å². The van der Waals surface area contributed by atoms with Gasteiger partial charge >= 0.3 is 6.03 Å². The summed E-state index contributed by atoms with van der Waals surface area (Å²) in [6, 6.07) is 2.36. The van der Waals surface area contributed by atoms with E-state index in [2.05, 4.69) is 31.9 Å². The topological polar surface area (TPSA) is 53.2 Å². The van der Waals surface area contributed by atoms with E-state index in [0.717, 1.165) is 28.9 Å². The van der Waals surface area contributed by atoms with E-state index >= 15 is 0 Å². The van der Waals surface area contributed by atoms with E-state index in [9.17, 15) is 4.79 Å². The first-order valence-corrected chi connectivity index (χ1v) is 8.34. The SMILES string of the molecule is O=C(NCc1ccsc1Br)NC1CC12CCNCC2. The molecule has 3 rings (SSSR count). The fourth-order valence-electron chi connectivity index (χ4n) is 2.86. The van der Waals surface area contributed by atoms with Gasteiger partial charge in [-0.3, -0.25) is 0 Å². The second kappa shape index (κ2) is 5.42. The van der Waals surface area contributed by atoms with E-state index in [1.807, 2.05) is 11.4 Å². The van der Waals surface area contributed by atoms with Gasteiger partial charge in [-0.2, -0.15) is 0 Å². The fraction of sp³-hybridized carbons (Fsp3) is 0.615. The Labute approximate surface area is 125 Å². The Hall–Kier alpha value is -0.590. The quantitative estimate of drug-likeness (QED) is 0.789. The number of nitrogens with one attached hydrogen (secondary N) is 3. The Morgan fingerprint density at radius 3 is 3.00 bits per heavy atom. The second-order valence-electron chi connectivity index (χ2n) is 5.42. The van der Waals surface area contributed by atoms with Crippen LogP contribution in [-0.4, -0.2) is 25.2 Å². The van der Waals surface area contributed by atoms with Crippen molar-refractivity contribution in [1.29, 1.82) is 0 Å². The molecule has 1 aromatic heterocycles. The van der Waals surface area contributed by atoms with Gasteiger partial charge in [0.15, 0.2) is 0 Å². The lowest BCUT2D eigenvalue weighted by Crippen LogP contribution is -2.40. The highest BCUT2D eigenvalue weighted by atomic mass is 79.9. The highest BCUT2D eigenvalue weighted by Gasteiger charge is 2.54. The molecule has 2 aliphatic rings. The summed E-state index contributed by atoms with van der Waals surface area (Å²) in [5.74, 6) is 0. The van der Waals surface area contributed by atoms with E-state index < -0.39 is 0 Å². The largest absolute Gasteiger partial charge is 0.335 e. The maximum absolute atomic E-state index is 11.9.